The molecule has 0 bridgehead atoms. The van der Waals surface area contributed by atoms with E-state index >= 15 is 0 Å². The summed E-state index contributed by atoms with van der Waals surface area (Å²) in [7, 11) is 3.85. The van der Waals surface area contributed by atoms with Crippen LogP contribution in [0.25, 0.3) is 11.1 Å². The standard InChI is InChI=1S/C11H13N3/c1-12-11-6-4-3-5-10(11)9-7-13-14(2)8-9/h3-8,12H,1-2H3. The summed E-state index contributed by atoms with van der Waals surface area (Å²) in [6, 6.07) is 8.19. The SMILES string of the molecule is CNc1ccccc1-c1cnn(C)c1. The average Bonchev–Trinajstić information content (AvgIpc) is 2.65. The fourth-order valence-corrected chi connectivity index (χ4v) is 1.51. The highest BCUT2D eigenvalue weighted by atomic mass is 15.2. The number of benzene rings is 1. The summed E-state index contributed by atoms with van der Waals surface area (Å²) in [4.78, 5) is 0. The van der Waals surface area contributed by atoms with Crippen LogP contribution in [0.1, 0.15) is 0 Å². The molecule has 0 unspecified atom stereocenters. The molecule has 1 N–H and O–H groups in total. The molecule has 3 nitrogen and oxygen atoms in total. The molecular weight excluding hydrogens is 174 g/mol. The molecule has 0 radical (unpaired) electrons. The van der Waals surface area contributed by atoms with Crippen LogP contribution in [0.5, 0.6) is 0 Å². The van der Waals surface area contributed by atoms with E-state index in [1.54, 1.807) is 0 Å². The van der Waals surface area contributed by atoms with Gasteiger partial charge in [-0.3, -0.25) is 4.68 Å². The number of anilines is 1. The van der Waals surface area contributed by atoms with E-state index in [4.69, 9.17) is 0 Å². The monoisotopic (exact) mass is 187 g/mol. The van der Waals surface area contributed by atoms with Gasteiger partial charge in [-0.15, -0.1) is 0 Å². The van der Waals surface area contributed by atoms with E-state index < -0.39 is 0 Å². The Balaban J connectivity index is 2.50. The van der Waals surface area contributed by atoms with Crippen molar-refractivity contribution in [1.29, 1.82) is 0 Å². The third-order valence-corrected chi connectivity index (χ3v) is 2.21. The highest BCUT2D eigenvalue weighted by Gasteiger charge is 2.03. The Labute approximate surface area is 83.4 Å². The van der Waals surface area contributed by atoms with Crippen LogP contribution in [-0.4, -0.2) is 16.8 Å². The number of aryl methyl sites for hydroxylation is 1. The maximum atomic E-state index is 4.16. The molecule has 14 heavy (non-hydrogen) atoms. The van der Waals surface area contributed by atoms with E-state index in [1.165, 1.54) is 5.56 Å². The Bertz CT molecular complexity index is 432. The van der Waals surface area contributed by atoms with Crippen molar-refractivity contribution in [1.82, 2.24) is 9.78 Å². The van der Waals surface area contributed by atoms with Crippen LogP contribution in [0.3, 0.4) is 0 Å². The first-order valence-electron chi connectivity index (χ1n) is 4.57. The van der Waals surface area contributed by atoms with Gasteiger partial charge in [-0.05, 0) is 6.07 Å². The molecule has 0 aliphatic rings. The molecule has 2 aromatic rings. The molecule has 0 spiro atoms. The fourth-order valence-electron chi connectivity index (χ4n) is 1.51. The normalized spacial score (nSPS) is 10.1. The number of hydrogen-bond donors (Lipinski definition) is 1. The molecule has 0 saturated heterocycles. The number of para-hydroxylation sites is 1. The third kappa shape index (κ3) is 1.48. The predicted molar refractivity (Wildman–Crippen MR) is 58.2 cm³/mol. The summed E-state index contributed by atoms with van der Waals surface area (Å²) in [5.41, 5.74) is 3.45. The van der Waals surface area contributed by atoms with Crippen LogP contribution in [-0.2, 0) is 7.05 Å². The number of nitrogens with zero attached hydrogens (tertiary/aromatic N) is 2. The van der Waals surface area contributed by atoms with Gasteiger partial charge >= 0.3 is 0 Å². The van der Waals surface area contributed by atoms with Gasteiger partial charge in [0.15, 0.2) is 0 Å². The lowest BCUT2D eigenvalue weighted by molar-refractivity contribution is 0.768. The molecule has 0 amide bonds. The Hall–Kier alpha value is -1.77. The summed E-state index contributed by atoms with van der Waals surface area (Å²) < 4.78 is 1.81. The molecule has 0 aliphatic carbocycles. The minimum absolute atomic E-state index is 1.13. The van der Waals surface area contributed by atoms with Gasteiger partial charge in [-0.1, -0.05) is 18.2 Å². The average molecular weight is 187 g/mol. The minimum atomic E-state index is 1.13. The smallest absolute Gasteiger partial charge is 0.0568 e. The van der Waals surface area contributed by atoms with Crippen molar-refractivity contribution in [3.05, 3.63) is 36.7 Å². The molecule has 2 rings (SSSR count). The van der Waals surface area contributed by atoms with Gasteiger partial charge in [-0.2, -0.15) is 5.10 Å². The zero-order chi connectivity index (χ0) is 9.97. The Kier molecular flexibility index (Phi) is 2.23. The topological polar surface area (TPSA) is 29.9 Å². The van der Waals surface area contributed by atoms with E-state index in [1.807, 2.05) is 43.3 Å². The first-order valence-corrected chi connectivity index (χ1v) is 4.57. The van der Waals surface area contributed by atoms with E-state index in [-0.39, 0.29) is 0 Å². The van der Waals surface area contributed by atoms with E-state index in [0.717, 1.165) is 11.3 Å². The molecule has 72 valence electrons. The van der Waals surface area contributed by atoms with Gasteiger partial charge in [0, 0.05) is 37.1 Å². The summed E-state index contributed by atoms with van der Waals surface area (Å²) in [6.45, 7) is 0. The van der Waals surface area contributed by atoms with Gasteiger partial charge in [0.1, 0.15) is 0 Å². The quantitative estimate of drug-likeness (QED) is 0.780. The molecule has 0 fully saturated rings. The van der Waals surface area contributed by atoms with E-state index in [2.05, 4.69) is 22.5 Å². The molecule has 0 atom stereocenters. The van der Waals surface area contributed by atoms with Crippen LogP contribution >= 0.6 is 0 Å². The number of rotatable bonds is 2. The third-order valence-electron chi connectivity index (χ3n) is 2.21. The summed E-state index contributed by atoms with van der Waals surface area (Å²) in [5.74, 6) is 0. The van der Waals surface area contributed by atoms with Gasteiger partial charge in [0.2, 0.25) is 0 Å². The van der Waals surface area contributed by atoms with Crippen molar-refractivity contribution in [3.8, 4) is 11.1 Å². The number of aromatic nitrogens is 2. The largest absolute Gasteiger partial charge is 0.388 e. The second-order valence-electron chi connectivity index (χ2n) is 3.20. The van der Waals surface area contributed by atoms with Gasteiger partial charge in [0.25, 0.3) is 0 Å². The van der Waals surface area contributed by atoms with E-state index in [0.29, 0.717) is 0 Å². The van der Waals surface area contributed by atoms with Gasteiger partial charge < -0.3 is 5.32 Å². The van der Waals surface area contributed by atoms with Crippen molar-refractivity contribution < 1.29 is 0 Å². The van der Waals surface area contributed by atoms with Crippen LogP contribution in [0.4, 0.5) is 5.69 Å². The highest BCUT2D eigenvalue weighted by Crippen LogP contribution is 2.26. The van der Waals surface area contributed by atoms with Crippen molar-refractivity contribution in [2.75, 3.05) is 12.4 Å². The molecule has 1 aromatic carbocycles. The summed E-state index contributed by atoms with van der Waals surface area (Å²) in [6.07, 6.45) is 3.88. The predicted octanol–water partition coefficient (Wildman–Crippen LogP) is 2.13. The Morgan fingerprint density at radius 2 is 2.07 bits per heavy atom. The maximum Gasteiger partial charge on any atom is 0.0568 e. The van der Waals surface area contributed by atoms with Gasteiger partial charge in [-0.25, -0.2) is 0 Å². The van der Waals surface area contributed by atoms with E-state index in [9.17, 15) is 0 Å². The Morgan fingerprint density at radius 1 is 1.29 bits per heavy atom. The lowest BCUT2D eigenvalue weighted by Crippen LogP contribution is -1.90. The van der Waals surface area contributed by atoms with Crippen molar-refractivity contribution in [3.63, 3.8) is 0 Å². The maximum absolute atomic E-state index is 4.16. The van der Waals surface area contributed by atoms with Crippen molar-refractivity contribution in [2.45, 2.75) is 0 Å². The first-order chi connectivity index (χ1) is 6.81. The lowest BCUT2D eigenvalue weighted by atomic mass is 10.1. The summed E-state index contributed by atoms with van der Waals surface area (Å²) >= 11 is 0. The molecule has 1 aromatic heterocycles. The lowest BCUT2D eigenvalue weighted by Gasteiger charge is -2.05. The highest BCUT2D eigenvalue weighted by molar-refractivity contribution is 5.76. The van der Waals surface area contributed by atoms with Crippen LogP contribution in [0.15, 0.2) is 36.7 Å². The summed E-state index contributed by atoms with van der Waals surface area (Å²) in [5, 5.41) is 7.32. The molecule has 1 heterocycles. The van der Waals surface area contributed by atoms with Crippen LogP contribution < -0.4 is 5.32 Å². The van der Waals surface area contributed by atoms with Gasteiger partial charge in [0.05, 0.1) is 6.20 Å². The van der Waals surface area contributed by atoms with Crippen LogP contribution in [0.2, 0.25) is 0 Å². The van der Waals surface area contributed by atoms with Crippen molar-refractivity contribution >= 4 is 5.69 Å². The number of nitrogens with one attached hydrogen (secondary N) is 1. The Morgan fingerprint density at radius 3 is 2.71 bits per heavy atom. The molecule has 3 heteroatoms. The molecule has 0 saturated carbocycles. The molecular formula is C11H13N3. The second-order valence-corrected chi connectivity index (χ2v) is 3.20. The zero-order valence-electron chi connectivity index (χ0n) is 8.36. The second kappa shape index (κ2) is 3.54. The fraction of sp³-hybridized carbons (Fsp3) is 0.182. The van der Waals surface area contributed by atoms with Crippen molar-refractivity contribution in [2.24, 2.45) is 7.05 Å². The first kappa shape index (κ1) is 8.81. The van der Waals surface area contributed by atoms with Crippen LogP contribution in [0, 0.1) is 0 Å². The zero-order valence-corrected chi connectivity index (χ0v) is 8.36. The minimum Gasteiger partial charge on any atom is -0.388 e. The molecule has 0 aliphatic heterocycles. The number of hydrogen-bond acceptors (Lipinski definition) is 2.